The Hall–Kier alpha value is -1.92. The van der Waals surface area contributed by atoms with Gasteiger partial charge in [0.25, 0.3) is 0 Å². The highest BCUT2D eigenvalue weighted by atomic mass is 16.6. The van der Waals surface area contributed by atoms with Crippen LogP contribution in [0.1, 0.15) is 26.7 Å². The summed E-state index contributed by atoms with van der Waals surface area (Å²) in [6.07, 6.45) is -0.770. The van der Waals surface area contributed by atoms with E-state index in [2.05, 4.69) is 0 Å². The van der Waals surface area contributed by atoms with Crippen molar-refractivity contribution in [2.24, 2.45) is 11.1 Å². The smallest absolute Gasteiger partial charge is 0.324 e. The van der Waals surface area contributed by atoms with E-state index in [1.165, 1.54) is 0 Å². The average Bonchev–Trinajstić information content (AvgIpc) is 2.28. The topological polar surface area (TPSA) is 113 Å². The van der Waals surface area contributed by atoms with Crippen molar-refractivity contribution in [2.45, 2.75) is 26.7 Å². The zero-order valence-corrected chi connectivity index (χ0v) is 10.4. The van der Waals surface area contributed by atoms with Gasteiger partial charge in [0, 0.05) is 6.42 Å². The van der Waals surface area contributed by atoms with Gasteiger partial charge in [-0.2, -0.15) is 0 Å². The molecular weight excluding hydrogens is 242 g/mol. The van der Waals surface area contributed by atoms with Gasteiger partial charge < -0.3 is 20.0 Å². The standard InChI is InChI=1S/C11H17NO6/c1-3-17-9(15)11(5-6-13,7-8(12)14)10(16)18-4-2/h6H,3-5,7H2,1-2H3,(H2,12,14). The molecule has 0 aromatic carbocycles. The maximum atomic E-state index is 11.8. The second-order valence-corrected chi connectivity index (χ2v) is 3.54. The summed E-state index contributed by atoms with van der Waals surface area (Å²) in [5, 5.41) is 0. The first-order chi connectivity index (χ1) is 8.44. The number of esters is 2. The summed E-state index contributed by atoms with van der Waals surface area (Å²) in [6.45, 7) is 3.10. The third-order valence-electron chi connectivity index (χ3n) is 2.24. The number of ether oxygens (including phenoxy) is 2. The van der Waals surface area contributed by atoms with Gasteiger partial charge in [0.2, 0.25) is 5.91 Å². The fraction of sp³-hybridized carbons (Fsp3) is 0.636. The van der Waals surface area contributed by atoms with Crippen LogP contribution >= 0.6 is 0 Å². The number of nitrogens with two attached hydrogens (primary N) is 1. The van der Waals surface area contributed by atoms with E-state index in [1.54, 1.807) is 13.8 Å². The molecule has 7 nitrogen and oxygen atoms in total. The molecule has 0 rings (SSSR count). The van der Waals surface area contributed by atoms with E-state index in [9.17, 15) is 19.2 Å². The Bertz CT molecular complexity index is 320. The molecule has 0 bridgehead atoms. The number of hydrogen-bond donors (Lipinski definition) is 1. The molecule has 0 aliphatic carbocycles. The molecule has 18 heavy (non-hydrogen) atoms. The van der Waals surface area contributed by atoms with Gasteiger partial charge in [-0.15, -0.1) is 0 Å². The molecule has 0 saturated carbocycles. The predicted molar refractivity (Wildman–Crippen MR) is 60.2 cm³/mol. The molecule has 0 aliphatic heterocycles. The van der Waals surface area contributed by atoms with Crippen LogP contribution in [-0.2, 0) is 28.7 Å². The summed E-state index contributed by atoms with van der Waals surface area (Å²) in [5.74, 6) is -2.85. The molecule has 1 amide bonds. The van der Waals surface area contributed by atoms with Crippen LogP contribution < -0.4 is 5.73 Å². The van der Waals surface area contributed by atoms with Gasteiger partial charge in [0.1, 0.15) is 6.29 Å². The SMILES string of the molecule is CCOC(=O)C(CC=O)(CC(N)=O)C(=O)OCC. The van der Waals surface area contributed by atoms with Crippen molar-refractivity contribution < 1.29 is 28.7 Å². The highest BCUT2D eigenvalue weighted by Gasteiger charge is 2.50. The Balaban J connectivity index is 5.38. The molecule has 0 fully saturated rings. The molecule has 0 aromatic heterocycles. The molecule has 2 N–H and O–H groups in total. The van der Waals surface area contributed by atoms with Gasteiger partial charge in [-0.1, -0.05) is 0 Å². The normalized spacial score (nSPS) is 10.6. The van der Waals surface area contributed by atoms with E-state index in [0.29, 0.717) is 6.29 Å². The molecule has 0 saturated heterocycles. The second-order valence-electron chi connectivity index (χ2n) is 3.54. The minimum Gasteiger partial charge on any atom is -0.465 e. The van der Waals surface area contributed by atoms with Crippen LogP contribution in [-0.4, -0.2) is 37.3 Å². The fourth-order valence-corrected chi connectivity index (χ4v) is 1.44. The Kier molecular flexibility index (Phi) is 6.62. The lowest BCUT2D eigenvalue weighted by Crippen LogP contribution is -2.45. The quantitative estimate of drug-likeness (QED) is 0.359. The van der Waals surface area contributed by atoms with Crippen LogP contribution in [0.3, 0.4) is 0 Å². The van der Waals surface area contributed by atoms with Gasteiger partial charge >= 0.3 is 11.9 Å². The third kappa shape index (κ3) is 3.83. The summed E-state index contributed by atoms with van der Waals surface area (Å²) < 4.78 is 9.44. The van der Waals surface area contributed by atoms with E-state index in [4.69, 9.17) is 15.2 Å². The van der Waals surface area contributed by atoms with Crippen LogP contribution in [0.4, 0.5) is 0 Å². The number of rotatable bonds is 8. The number of carbonyl (C=O) groups excluding carboxylic acids is 4. The van der Waals surface area contributed by atoms with Gasteiger partial charge in [0.15, 0.2) is 5.41 Å². The van der Waals surface area contributed by atoms with E-state index < -0.39 is 36.1 Å². The molecule has 0 atom stereocenters. The second kappa shape index (κ2) is 7.41. The molecule has 102 valence electrons. The van der Waals surface area contributed by atoms with E-state index in [-0.39, 0.29) is 13.2 Å². The van der Waals surface area contributed by atoms with Crippen molar-refractivity contribution in [3.05, 3.63) is 0 Å². The molecule has 0 heterocycles. The Labute approximate surface area is 105 Å². The summed E-state index contributed by atoms with van der Waals surface area (Å²) in [4.78, 5) is 45.3. The predicted octanol–water partition coefficient (Wildman–Crippen LogP) is -0.437. The van der Waals surface area contributed by atoms with Crippen molar-refractivity contribution in [3.63, 3.8) is 0 Å². The van der Waals surface area contributed by atoms with Crippen LogP contribution in [0.2, 0.25) is 0 Å². The van der Waals surface area contributed by atoms with E-state index in [0.717, 1.165) is 0 Å². The third-order valence-corrected chi connectivity index (χ3v) is 2.24. The minimum atomic E-state index is -1.97. The monoisotopic (exact) mass is 259 g/mol. The fourth-order valence-electron chi connectivity index (χ4n) is 1.44. The van der Waals surface area contributed by atoms with E-state index >= 15 is 0 Å². The molecule has 0 spiro atoms. The van der Waals surface area contributed by atoms with Crippen LogP contribution in [0.25, 0.3) is 0 Å². The van der Waals surface area contributed by atoms with Gasteiger partial charge in [-0.25, -0.2) is 0 Å². The maximum absolute atomic E-state index is 11.8. The van der Waals surface area contributed by atoms with Crippen LogP contribution in [0.5, 0.6) is 0 Å². The lowest BCUT2D eigenvalue weighted by atomic mass is 9.81. The number of aldehydes is 1. The summed E-state index contributed by atoms with van der Waals surface area (Å²) >= 11 is 0. The highest BCUT2D eigenvalue weighted by molar-refractivity contribution is 6.05. The molecule has 0 aromatic rings. The first-order valence-electron chi connectivity index (χ1n) is 5.51. The lowest BCUT2D eigenvalue weighted by molar-refractivity contribution is -0.175. The Morgan fingerprint density at radius 2 is 1.56 bits per heavy atom. The van der Waals surface area contributed by atoms with Crippen molar-refractivity contribution in [1.29, 1.82) is 0 Å². The summed E-state index contributed by atoms with van der Waals surface area (Å²) in [5.41, 5.74) is 3.03. The lowest BCUT2D eigenvalue weighted by Gasteiger charge is -2.25. The van der Waals surface area contributed by atoms with Gasteiger partial charge in [-0.3, -0.25) is 14.4 Å². The number of amides is 1. The molecular formula is C11H17NO6. The van der Waals surface area contributed by atoms with Crippen molar-refractivity contribution in [3.8, 4) is 0 Å². The zero-order chi connectivity index (χ0) is 14.2. The largest absolute Gasteiger partial charge is 0.465 e. The van der Waals surface area contributed by atoms with Crippen molar-refractivity contribution in [1.82, 2.24) is 0 Å². The molecule has 0 unspecified atom stereocenters. The number of hydrogen-bond acceptors (Lipinski definition) is 6. The minimum absolute atomic E-state index is 0.0115. The van der Waals surface area contributed by atoms with Crippen LogP contribution in [0, 0.1) is 5.41 Å². The van der Waals surface area contributed by atoms with Gasteiger partial charge in [0.05, 0.1) is 19.6 Å². The van der Waals surface area contributed by atoms with E-state index in [1.807, 2.05) is 0 Å². The Morgan fingerprint density at radius 1 is 1.11 bits per heavy atom. The first-order valence-corrected chi connectivity index (χ1v) is 5.51. The Morgan fingerprint density at radius 3 is 1.83 bits per heavy atom. The molecule has 0 aliphatic rings. The first kappa shape index (κ1) is 16.1. The molecule has 7 heteroatoms. The summed E-state index contributed by atoms with van der Waals surface area (Å²) in [7, 11) is 0. The highest BCUT2D eigenvalue weighted by Crippen LogP contribution is 2.29. The average molecular weight is 259 g/mol. The summed E-state index contributed by atoms with van der Waals surface area (Å²) in [6, 6.07) is 0. The maximum Gasteiger partial charge on any atom is 0.324 e. The van der Waals surface area contributed by atoms with Gasteiger partial charge in [-0.05, 0) is 13.8 Å². The zero-order valence-electron chi connectivity index (χ0n) is 10.4. The number of primary amides is 1. The van der Waals surface area contributed by atoms with Crippen LogP contribution in [0.15, 0.2) is 0 Å². The van der Waals surface area contributed by atoms with Crippen molar-refractivity contribution >= 4 is 24.1 Å². The molecule has 0 radical (unpaired) electrons. The number of carbonyl (C=O) groups is 4. The van der Waals surface area contributed by atoms with Crippen molar-refractivity contribution in [2.75, 3.05) is 13.2 Å².